The van der Waals surface area contributed by atoms with Gasteiger partial charge in [0.1, 0.15) is 0 Å². The van der Waals surface area contributed by atoms with Gasteiger partial charge in [-0.15, -0.1) is 0 Å². The Bertz CT molecular complexity index is 563. The molecule has 0 radical (unpaired) electrons. The van der Waals surface area contributed by atoms with Crippen LogP contribution in [0.5, 0.6) is 0 Å². The largest absolute Gasteiger partial charge is 0.373 e. The normalized spacial score (nSPS) is 22.1. The molecule has 0 aliphatic carbocycles. The Balaban J connectivity index is 2.03. The lowest BCUT2D eigenvalue weighted by atomic mass is 10.0. The fourth-order valence-corrected chi connectivity index (χ4v) is 3.58. The van der Waals surface area contributed by atoms with Gasteiger partial charge in [-0.25, -0.2) is 0 Å². The van der Waals surface area contributed by atoms with Crippen molar-refractivity contribution in [2.45, 2.75) is 51.9 Å². The van der Waals surface area contributed by atoms with Gasteiger partial charge in [-0.2, -0.15) is 0 Å². The molecular formula is C17H23BrClNO3. The first-order valence-electron chi connectivity index (χ1n) is 7.67. The second-order valence-electron chi connectivity index (χ2n) is 6.80. The van der Waals surface area contributed by atoms with E-state index in [1.807, 2.05) is 39.8 Å². The fraction of sp³-hybridized carbons (Fsp3) is 0.588. The zero-order valence-corrected chi connectivity index (χ0v) is 16.3. The van der Waals surface area contributed by atoms with Gasteiger partial charge in [0.15, 0.2) is 6.10 Å². The number of carbonyl (C=O) groups is 1. The molecule has 1 N–H and O–H groups in total. The average Bonchev–Trinajstić information content (AvgIpc) is 2.42. The minimum Gasteiger partial charge on any atom is -0.373 e. The van der Waals surface area contributed by atoms with Crippen LogP contribution in [0.4, 0.5) is 0 Å². The molecule has 1 saturated heterocycles. The maximum Gasteiger partial charge on any atom is 0.251 e. The molecule has 128 valence electrons. The Kier molecular flexibility index (Phi) is 6.11. The van der Waals surface area contributed by atoms with Crippen LogP contribution in [0.1, 0.15) is 31.9 Å². The van der Waals surface area contributed by atoms with Crippen LogP contribution in [0, 0.1) is 6.92 Å². The number of ether oxygens (including phenoxy) is 2. The summed E-state index contributed by atoms with van der Waals surface area (Å²) in [6.45, 7) is 8.65. The molecule has 4 nitrogen and oxygen atoms in total. The van der Waals surface area contributed by atoms with Crippen molar-refractivity contribution in [3.8, 4) is 0 Å². The van der Waals surface area contributed by atoms with Crippen LogP contribution in [-0.4, -0.2) is 36.9 Å². The number of nitrogens with one attached hydrogen (secondary N) is 1. The van der Waals surface area contributed by atoms with Crippen LogP contribution >= 0.6 is 27.5 Å². The molecule has 6 heteroatoms. The predicted molar refractivity (Wildman–Crippen MR) is 95.0 cm³/mol. The lowest BCUT2D eigenvalue weighted by molar-refractivity contribution is -0.156. The first kappa shape index (κ1) is 18.7. The standard InChI is InChI=1S/C17H23BrClNO3/c1-10-5-11(19)6-14(18)13(10)7-12-8-20-16(21)15(23-12)9-22-17(2,3)4/h5-6,12,15H,7-9H2,1-4H3,(H,20,21). The molecule has 0 aromatic heterocycles. The third-order valence-corrected chi connectivity index (χ3v) is 4.56. The van der Waals surface area contributed by atoms with E-state index < -0.39 is 6.10 Å². The fourth-order valence-electron chi connectivity index (χ4n) is 2.45. The number of carbonyl (C=O) groups excluding carboxylic acids is 1. The highest BCUT2D eigenvalue weighted by molar-refractivity contribution is 9.10. The summed E-state index contributed by atoms with van der Waals surface area (Å²) in [6.07, 6.45) is 0.0485. The zero-order valence-electron chi connectivity index (χ0n) is 13.9. The Morgan fingerprint density at radius 2 is 2.13 bits per heavy atom. The van der Waals surface area contributed by atoms with Gasteiger partial charge < -0.3 is 14.8 Å². The number of amides is 1. The van der Waals surface area contributed by atoms with E-state index in [2.05, 4.69) is 21.2 Å². The van der Waals surface area contributed by atoms with Gasteiger partial charge >= 0.3 is 0 Å². The number of hydrogen-bond acceptors (Lipinski definition) is 3. The molecule has 1 aromatic carbocycles. The lowest BCUT2D eigenvalue weighted by Gasteiger charge is -2.32. The first-order chi connectivity index (χ1) is 10.7. The Labute approximate surface area is 151 Å². The van der Waals surface area contributed by atoms with Crippen LogP contribution in [0.3, 0.4) is 0 Å². The van der Waals surface area contributed by atoms with Crippen molar-refractivity contribution >= 4 is 33.4 Å². The van der Waals surface area contributed by atoms with Gasteiger partial charge in [0.25, 0.3) is 5.91 Å². The van der Waals surface area contributed by atoms with Gasteiger partial charge in [-0.05, 0) is 51.0 Å². The smallest absolute Gasteiger partial charge is 0.251 e. The highest BCUT2D eigenvalue weighted by Crippen LogP contribution is 2.27. The highest BCUT2D eigenvalue weighted by Gasteiger charge is 2.31. The summed E-state index contributed by atoms with van der Waals surface area (Å²) in [7, 11) is 0. The van der Waals surface area contributed by atoms with Crippen molar-refractivity contribution < 1.29 is 14.3 Å². The number of rotatable bonds is 4. The number of aryl methyl sites for hydroxylation is 1. The summed E-state index contributed by atoms with van der Waals surface area (Å²) in [5, 5.41) is 3.61. The van der Waals surface area contributed by atoms with E-state index in [9.17, 15) is 4.79 Å². The molecule has 2 rings (SSSR count). The quantitative estimate of drug-likeness (QED) is 0.833. The molecule has 1 fully saturated rings. The Morgan fingerprint density at radius 3 is 2.74 bits per heavy atom. The van der Waals surface area contributed by atoms with Gasteiger partial charge in [0.2, 0.25) is 0 Å². The van der Waals surface area contributed by atoms with Crippen LogP contribution in [0.2, 0.25) is 5.02 Å². The summed E-state index contributed by atoms with van der Waals surface area (Å²) in [4.78, 5) is 11.9. The van der Waals surface area contributed by atoms with E-state index in [1.165, 1.54) is 0 Å². The van der Waals surface area contributed by atoms with Crippen molar-refractivity contribution in [3.05, 3.63) is 32.8 Å². The highest BCUT2D eigenvalue weighted by atomic mass is 79.9. The molecule has 0 bridgehead atoms. The van der Waals surface area contributed by atoms with E-state index in [4.69, 9.17) is 21.1 Å². The van der Waals surface area contributed by atoms with Crippen molar-refractivity contribution in [1.29, 1.82) is 0 Å². The van der Waals surface area contributed by atoms with Crippen molar-refractivity contribution in [2.75, 3.05) is 13.2 Å². The van der Waals surface area contributed by atoms with E-state index in [0.29, 0.717) is 18.0 Å². The molecule has 2 unspecified atom stereocenters. The van der Waals surface area contributed by atoms with Crippen LogP contribution in [0.25, 0.3) is 0 Å². The predicted octanol–water partition coefficient (Wildman–Crippen LogP) is 3.65. The monoisotopic (exact) mass is 403 g/mol. The van der Waals surface area contributed by atoms with E-state index in [-0.39, 0.29) is 24.2 Å². The molecule has 1 heterocycles. The molecule has 1 aromatic rings. The molecule has 23 heavy (non-hydrogen) atoms. The van der Waals surface area contributed by atoms with E-state index in [0.717, 1.165) is 15.6 Å². The SMILES string of the molecule is Cc1cc(Cl)cc(Br)c1CC1CNC(=O)C(COC(C)(C)C)O1. The lowest BCUT2D eigenvalue weighted by Crippen LogP contribution is -2.52. The maximum absolute atomic E-state index is 11.9. The minimum absolute atomic E-state index is 0.0857. The molecule has 2 atom stereocenters. The first-order valence-corrected chi connectivity index (χ1v) is 8.84. The third-order valence-electron chi connectivity index (χ3n) is 3.64. The second-order valence-corrected chi connectivity index (χ2v) is 8.09. The second kappa shape index (κ2) is 7.51. The Hall–Kier alpha value is -0.620. The average molecular weight is 405 g/mol. The maximum atomic E-state index is 11.9. The summed E-state index contributed by atoms with van der Waals surface area (Å²) in [5.41, 5.74) is 1.95. The van der Waals surface area contributed by atoms with Crippen LogP contribution < -0.4 is 5.32 Å². The summed E-state index contributed by atoms with van der Waals surface area (Å²) in [6, 6.07) is 3.81. The van der Waals surface area contributed by atoms with Crippen molar-refractivity contribution in [2.24, 2.45) is 0 Å². The number of benzene rings is 1. The summed E-state index contributed by atoms with van der Waals surface area (Å²) in [5.74, 6) is -0.114. The number of hydrogen-bond donors (Lipinski definition) is 1. The third kappa shape index (κ3) is 5.45. The molecular weight excluding hydrogens is 382 g/mol. The van der Waals surface area contributed by atoms with Gasteiger partial charge in [0.05, 0.1) is 18.3 Å². The molecule has 0 spiro atoms. The molecule has 1 aliphatic heterocycles. The minimum atomic E-state index is -0.570. The van der Waals surface area contributed by atoms with Gasteiger partial charge in [-0.3, -0.25) is 4.79 Å². The van der Waals surface area contributed by atoms with E-state index >= 15 is 0 Å². The van der Waals surface area contributed by atoms with Crippen molar-refractivity contribution in [3.63, 3.8) is 0 Å². The summed E-state index contributed by atoms with van der Waals surface area (Å²) < 4.78 is 12.6. The molecule has 1 amide bonds. The van der Waals surface area contributed by atoms with E-state index in [1.54, 1.807) is 0 Å². The number of morpholine rings is 1. The zero-order chi connectivity index (χ0) is 17.2. The number of halogens is 2. The van der Waals surface area contributed by atoms with Crippen LogP contribution in [-0.2, 0) is 20.7 Å². The molecule has 1 aliphatic rings. The topological polar surface area (TPSA) is 47.6 Å². The molecule has 0 saturated carbocycles. The van der Waals surface area contributed by atoms with Gasteiger partial charge in [0, 0.05) is 22.5 Å². The Morgan fingerprint density at radius 1 is 1.43 bits per heavy atom. The van der Waals surface area contributed by atoms with Crippen LogP contribution in [0.15, 0.2) is 16.6 Å². The van der Waals surface area contributed by atoms with Gasteiger partial charge in [-0.1, -0.05) is 27.5 Å². The summed E-state index contributed by atoms with van der Waals surface area (Å²) >= 11 is 9.61. The van der Waals surface area contributed by atoms with Crippen molar-refractivity contribution in [1.82, 2.24) is 5.32 Å².